The van der Waals surface area contributed by atoms with E-state index in [0.717, 1.165) is 6.07 Å². The molecule has 0 radical (unpaired) electrons. The Kier molecular flexibility index (Phi) is 4.16. The highest BCUT2D eigenvalue weighted by atomic mass is 19.4. The number of nitro groups is 1. The number of hydrogen-bond acceptors (Lipinski definition) is 5. The molecule has 0 aliphatic carbocycles. The predicted molar refractivity (Wildman–Crippen MR) is 63.8 cm³/mol. The van der Waals surface area contributed by atoms with Crippen molar-refractivity contribution in [3.63, 3.8) is 0 Å². The van der Waals surface area contributed by atoms with E-state index in [-0.39, 0.29) is 31.9 Å². The number of carbonyl (C=O) groups is 1. The van der Waals surface area contributed by atoms with Crippen LogP contribution in [0.15, 0.2) is 16.5 Å². The van der Waals surface area contributed by atoms with Crippen molar-refractivity contribution in [2.75, 3.05) is 32.7 Å². The molecular formula is C11H12F3N3O4. The fourth-order valence-corrected chi connectivity index (χ4v) is 2.06. The highest BCUT2D eigenvalue weighted by molar-refractivity contribution is 5.91. The molecule has 1 aliphatic heterocycles. The van der Waals surface area contributed by atoms with Gasteiger partial charge in [-0.3, -0.25) is 19.8 Å². The van der Waals surface area contributed by atoms with Crippen molar-refractivity contribution < 1.29 is 27.3 Å². The van der Waals surface area contributed by atoms with E-state index in [1.165, 1.54) is 15.9 Å². The Morgan fingerprint density at radius 1 is 1.29 bits per heavy atom. The van der Waals surface area contributed by atoms with Gasteiger partial charge in [0.2, 0.25) is 0 Å². The van der Waals surface area contributed by atoms with Crippen LogP contribution in [0.4, 0.5) is 19.1 Å². The lowest BCUT2D eigenvalue weighted by atomic mass is 10.3. The van der Waals surface area contributed by atoms with Crippen molar-refractivity contribution in [1.29, 1.82) is 0 Å². The molecule has 2 heterocycles. The van der Waals surface area contributed by atoms with Gasteiger partial charge in [0, 0.05) is 26.2 Å². The van der Waals surface area contributed by atoms with E-state index in [4.69, 9.17) is 4.42 Å². The second-order valence-electron chi connectivity index (χ2n) is 4.58. The number of carbonyl (C=O) groups excluding carboxylic acids is 1. The van der Waals surface area contributed by atoms with E-state index in [2.05, 4.69) is 0 Å². The lowest BCUT2D eigenvalue weighted by molar-refractivity contribution is -0.402. The number of amides is 1. The standard InChI is InChI=1S/C11H12F3N3O4/c12-11(13,14)7-15-3-5-16(6-4-15)10(18)8-1-2-9(21-8)17(19)20/h1-2H,3-7H2. The third kappa shape index (κ3) is 3.94. The molecule has 1 saturated heterocycles. The van der Waals surface area contributed by atoms with Gasteiger partial charge in [0.1, 0.15) is 4.92 Å². The van der Waals surface area contributed by atoms with Crippen molar-refractivity contribution in [2.24, 2.45) is 0 Å². The summed E-state index contributed by atoms with van der Waals surface area (Å²) in [6, 6.07) is 2.25. The van der Waals surface area contributed by atoms with Crippen LogP contribution in [0, 0.1) is 10.1 Å². The minimum Gasteiger partial charge on any atom is -0.395 e. The van der Waals surface area contributed by atoms with Crippen molar-refractivity contribution in [3.05, 3.63) is 28.0 Å². The van der Waals surface area contributed by atoms with Crippen LogP contribution in [0.25, 0.3) is 0 Å². The SMILES string of the molecule is O=C(c1ccc([N+](=O)[O-])o1)N1CCN(CC(F)(F)F)CC1. The first-order chi connectivity index (χ1) is 9.76. The Morgan fingerprint density at radius 2 is 1.90 bits per heavy atom. The van der Waals surface area contributed by atoms with Gasteiger partial charge in [0.05, 0.1) is 12.6 Å². The summed E-state index contributed by atoms with van der Waals surface area (Å²) in [5, 5.41) is 10.5. The van der Waals surface area contributed by atoms with Crippen LogP contribution in [-0.2, 0) is 0 Å². The first-order valence-electron chi connectivity index (χ1n) is 6.09. The average Bonchev–Trinajstić information content (AvgIpc) is 2.86. The molecule has 0 spiro atoms. The quantitative estimate of drug-likeness (QED) is 0.624. The van der Waals surface area contributed by atoms with Gasteiger partial charge in [0.15, 0.2) is 5.76 Å². The molecule has 0 N–H and O–H groups in total. The maximum atomic E-state index is 12.2. The molecule has 10 heteroatoms. The normalized spacial score (nSPS) is 17.0. The maximum Gasteiger partial charge on any atom is 0.433 e. The molecule has 1 aromatic rings. The van der Waals surface area contributed by atoms with E-state index in [1.807, 2.05) is 0 Å². The van der Waals surface area contributed by atoms with Crippen LogP contribution >= 0.6 is 0 Å². The number of halogens is 3. The second-order valence-corrected chi connectivity index (χ2v) is 4.58. The fourth-order valence-electron chi connectivity index (χ4n) is 2.06. The van der Waals surface area contributed by atoms with Gasteiger partial charge in [0.25, 0.3) is 5.91 Å². The number of hydrogen-bond donors (Lipinski definition) is 0. The summed E-state index contributed by atoms with van der Waals surface area (Å²) in [5.41, 5.74) is 0. The molecule has 7 nitrogen and oxygen atoms in total. The average molecular weight is 307 g/mol. The van der Waals surface area contributed by atoms with Gasteiger partial charge >= 0.3 is 12.1 Å². The topological polar surface area (TPSA) is 79.8 Å². The summed E-state index contributed by atoms with van der Waals surface area (Å²) < 4.78 is 41.5. The second kappa shape index (κ2) is 5.72. The minimum absolute atomic E-state index is 0.0913. The van der Waals surface area contributed by atoms with E-state index in [0.29, 0.717) is 0 Å². The molecule has 0 atom stereocenters. The molecular weight excluding hydrogens is 295 g/mol. The summed E-state index contributed by atoms with van der Waals surface area (Å²) in [6.45, 7) is -0.601. The first-order valence-corrected chi connectivity index (χ1v) is 6.09. The molecule has 1 fully saturated rings. The number of rotatable bonds is 3. The third-order valence-electron chi connectivity index (χ3n) is 3.04. The number of piperazine rings is 1. The number of alkyl halides is 3. The molecule has 0 saturated carbocycles. The Labute approximate surface area is 117 Å². The highest BCUT2D eigenvalue weighted by Crippen LogP contribution is 2.20. The smallest absolute Gasteiger partial charge is 0.395 e. The Bertz CT molecular complexity index is 535. The van der Waals surface area contributed by atoms with Crippen molar-refractivity contribution in [3.8, 4) is 0 Å². The Morgan fingerprint density at radius 3 is 2.38 bits per heavy atom. The fraction of sp³-hybridized carbons (Fsp3) is 0.545. The van der Waals surface area contributed by atoms with Crippen LogP contribution in [0.5, 0.6) is 0 Å². The predicted octanol–water partition coefficient (Wildman–Crippen LogP) is 1.51. The lowest BCUT2D eigenvalue weighted by Crippen LogP contribution is -2.50. The third-order valence-corrected chi connectivity index (χ3v) is 3.04. The molecule has 116 valence electrons. The van der Waals surface area contributed by atoms with E-state index in [9.17, 15) is 28.1 Å². The first kappa shape index (κ1) is 15.3. The zero-order valence-corrected chi connectivity index (χ0v) is 10.8. The maximum absolute atomic E-state index is 12.2. The molecule has 1 aromatic heterocycles. The van der Waals surface area contributed by atoms with Crippen molar-refractivity contribution in [1.82, 2.24) is 9.80 Å². The number of furan rings is 1. The lowest BCUT2D eigenvalue weighted by Gasteiger charge is -2.34. The summed E-state index contributed by atoms with van der Waals surface area (Å²) >= 11 is 0. The van der Waals surface area contributed by atoms with Crippen molar-refractivity contribution >= 4 is 11.8 Å². The van der Waals surface area contributed by atoms with Gasteiger partial charge in [-0.15, -0.1) is 0 Å². The van der Waals surface area contributed by atoms with Gasteiger partial charge < -0.3 is 9.32 Å². The largest absolute Gasteiger partial charge is 0.433 e. The highest BCUT2D eigenvalue weighted by Gasteiger charge is 2.33. The van der Waals surface area contributed by atoms with E-state index >= 15 is 0 Å². The molecule has 0 bridgehead atoms. The summed E-state index contributed by atoms with van der Waals surface area (Å²) in [5.74, 6) is -1.30. The zero-order chi connectivity index (χ0) is 15.6. The Balaban J connectivity index is 1.92. The van der Waals surface area contributed by atoms with Crippen LogP contribution in [0.1, 0.15) is 10.6 Å². The van der Waals surface area contributed by atoms with Gasteiger partial charge in [-0.2, -0.15) is 13.2 Å². The molecule has 1 amide bonds. The molecule has 0 unspecified atom stereocenters. The zero-order valence-electron chi connectivity index (χ0n) is 10.8. The molecule has 21 heavy (non-hydrogen) atoms. The van der Waals surface area contributed by atoms with Gasteiger partial charge in [-0.1, -0.05) is 0 Å². The van der Waals surface area contributed by atoms with Crippen molar-refractivity contribution in [2.45, 2.75) is 6.18 Å². The van der Waals surface area contributed by atoms with Crippen LogP contribution in [-0.4, -0.2) is 59.5 Å². The summed E-state index contributed by atoms with van der Waals surface area (Å²) in [7, 11) is 0. The van der Waals surface area contributed by atoms with E-state index in [1.54, 1.807) is 0 Å². The molecule has 0 aromatic carbocycles. The monoisotopic (exact) mass is 307 g/mol. The van der Waals surface area contributed by atoms with Crippen LogP contribution < -0.4 is 0 Å². The van der Waals surface area contributed by atoms with E-state index < -0.39 is 29.4 Å². The molecule has 1 aliphatic rings. The minimum atomic E-state index is -4.27. The van der Waals surface area contributed by atoms with Crippen LogP contribution in [0.3, 0.4) is 0 Å². The Hall–Kier alpha value is -2.10. The van der Waals surface area contributed by atoms with Gasteiger partial charge in [-0.25, -0.2) is 0 Å². The van der Waals surface area contributed by atoms with Gasteiger partial charge in [-0.05, 0) is 6.07 Å². The summed E-state index contributed by atoms with van der Waals surface area (Å²) in [6.07, 6.45) is -4.27. The van der Waals surface area contributed by atoms with Crippen LogP contribution in [0.2, 0.25) is 0 Å². The number of nitrogens with zero attached hydrogens (tertiary/aromatic N) is 3. The molecule has 2 rings (SSSR count). The summed E-state index contributed by atoms with van der Waals surface area (Å²) in [4.78, 5) is 24.2.